The van der Waals surface area contributed by atoms with Crippen LogP contribution in [-0.4, -0.2) is 41.1 Å². The maximum Gasteiger partial charge on any atom is 0.410 e. The topological polar surface area (TPSA) is 62.1 Å². The summed E-state index contributed by atoms with van der Waals surface area (Å²) in [4.78, 5) is 13.1. The van der Waals surface area contributed by atoms with Gasteiger partial charge in [0.05, 0.1) is 12.8 Å². The number of nitrogens with zero attached hydrogens (tertiary/aromatic N) is 2. The quantitative estimate of drug-likeness (QED) is 0.340. The SMILES string of the molecule is C=CCCN(C/C=N/O)C(=O)OC(C)(C)C. The van der Waals surface area contributed by atoms with E-state index in [0.29, 0.717) is 13.0 Å². The molecule has 0 atom stereocenters. The fourth-order valence-corrected chi connectivity index (χ4v) is 0.966. The van der Waals surface area contributed by atoms with Crippen molar-refractivity contribution in [3.05, 3.63) is 12.7 Å². The summed E-state index contributed by atoms with van der Waals surface area (Å²) in [6.45, 7) is 9.70. The van der Waals surface area contributed by atoms with E-state index in [2.05, 4.69) is 11.7 Å². The molecule has 0 aliphatic carbocycles. The Morgan fingerprint density at radius 2 is 2.19 bits per heavy atom. The van der Waals surface area contributed by atoms with E-state index in [1.807, 2.05) is 0 Å². The van der Waals surface area contributed by atoms with Crippen LogP contribution in [0.1, 0.15) is 27.2 Å². The molecule has 1 N–H and O–H groups in total. The van der Waals surface area contributed by atoms with Crippen molar-refractivity contribution in [2.24, 2.45) is 5.16 Å². The van der Waals surface area contributed by atoms with Crippen LogP contribution in [0, 0.1) is 0 Å². The second-order valence-electron chi connectivity index (χ2n) is 4.30. The van der Waals surface area contributed by atoms with Crippen LogP contribution in [0.2, 0.25) is 0 Å². The molecular formula is C11H20N2O3. The molecule has 0 radical (unpaired) electrons. The van der Waals surface area contributed by atoms with Crippen molar-refractivity contribution in [2.75, 3.05) is 13.1 Å². The molecule has 5 nitrogen and oxygen atoms in total. The first kappa shape index (κ1) is 14.5. The van der Waals surface area contributed by atoms with Gasteiger partial charge < -0.3 is 14.8 Å². The van der Waals surface area contributed by atoms with E-state index in [1.165, 1.54) is 11.1 Å². The number of carbonyl (C=O) groups is 1. The van der Waals surface area contributed by atoms with Crippen LogP contribution in [-0.2, 0) is 4.74 Å². The summed E-state index contributed by atoms with van der Waals surface area (Å²) in [5.41, 5.74) is -0.528. The van der Waals surface area contributed by atoms with E-state index in [1.54, 1.807) is 26.8 Å². The first-order valence-electron chi connectivity index (χ1n) is 5.15. The van der Waals surface area contributed by atoms with Gasteiger partial charge in [0.15, 0.2) is 0 Å². The summed E-state index contributed by atoms with van der Waals surface area (Å²) in [5.74, 6) is 0. The predicted molar refractivity (Wildman–Crippen MR) is 62.9 cm³/mol. The van der Waals surface area contributed by atoms with E-state index in [0.717, 1.165) is 0 Å². The number of hydrogen-bond acceptors (Lipinski definition) is 4. The van der Waals surface area contributed by atoms with Gasteiger partial charge in [0, 0.05) is 6.54 Å². The van der Waals surface area contributed by atoms with Crippen molar-refractivity contribution in [2.45, 2.75) is 32.8 Å². The first-order valence-corrected chi connectivity index (χ1v) is 5.15. The van der Waals surface area contributed by atoms with Gasteiger partial charge in [0.25, 0.3) is 0 Å². The molecule has 1 amide bonds. The van der Waals surface area contributed by atoms with Gasteiger partial charge in [-0.2, -0.15) is 0 Å². The van der Waals surface area contributed by atoms with Crippen LogP contribution in [0.4, 0.5) is 4.79 Å². The highest BCUT2D eigenvalue weighted by molar-refractivity contribution is 5.73. The van der Waals surface area contributed by atoms with Gasteiger partial charge in [-0.25, -0.2) is 4.79 Å². The van der Waals surface area contributed by atoms with Crippen LogP contribution >= 0.6 is 0 Å². The van der Waals surface area contributed by atoms with Gasteiger partial charge in [-0.3, -0.25) is 0 Å². The Morgan fingerprint density at radius 3 is 2.62 bits per heavy atom. The maximum absolute atomic E-state index is 11.7. The predicted octanol–water partition coefficient (Wildman–Crippen LogP) is 2.26. The molecule has 0 spiro atoms. The molecule has 0 saturated heterocycles. The third-order valence-electron chi connectivity index (χ3n) is 1.64. The number of amides is 1. The number of oxime groups is 1. The van der Waals surface area contributed by atoms with Crippen LogP contribution < -0.4 is 0 Å². The van der Waals surface area contributed by atoms with Gasteiger partial charge in [-0.1, -0.05) is 6.08 Å². The number of ether oxygens (including phenoxy) is 1. The second kappa shape index (κ2) is 6.87. The van der Waals surface area contributed by atoms with Crippen LogP contribution in [0.15, 0.2) is 17.8 Å². The molecule has 0 aromatic heterocycles. The lowest BCUT2D eigenvalue weighted by Crippen LogP contribution is -2.38. The van der Waals surface area contributed by atoms with Crippen molar-refractivity contribution < 1.29 is 14.7 Å². The standard InChI is InChI=1S/C11H20N2O3/c1-5-6-8-13(9-7-12-15)10(14)16-11(2,3)4/h5,7,15H,1,6,8-9H2,2-4H3/b12-7+. The minimum atomic E-state index is -0.528. The zero-order valence-electron chi connectivity index (χ0n) is 10.1. The molecule has 0 heterocycles. The highest BCUT2D eigenvalue weighted by atomic mass is 16.6. The van der Waals surface area contributed by atoms with Crippen LogP contribution in [0.25, 0.3) is 0 Å². The highest BCUT2D eigenvalue weighted by Gasteiger charge is 2.20. The first-order chi connectivity index (χ1) is 7.40. The van der Waals surface area contributed by atoms with Gasteiger partial charge >= 0.3 is 6.09 Å². The molecule has 0 fully saturated rings. The zero-order valence-corrected chi connectivity index (χ0v) is 10.1. The Bertz CT molecular complexity index is 256. The van der Waals surface area contributed by atoms with Gasteiger partial charge in [-0.05, 0) is 27.2 Å². The number of carbonyl (C=O) groups excluding carboxylic acids is 1. The molecule has 92 valence electrons. The van der Waals surface area contributed by atoms with Gasteiger partial charge in [0.1, 0.15) is 5.60 Å². The normalized spacial score (nSPS) is 11.4. The Labute approximate surface area is 96.4 Å². The van der Waals surface area contributed by atoms with E-state index in [4.69, 9.17) is 9.94 Å². The van der Waals surface area contributed by atoms with E-state index in [-0.39, 0.29) is 6.54 Å². The number of hydrogen-bond donors (Lipinski definition) is 1. The zero-order chi connectivity index (χ0) is 12.6. The lowest BCUT2D eigenvalue weighted by atomic mass is 10.2. The molecule has 0 aromatic carbocycles. The molecule has 0 unspecified atom stereocenters. The molecule has 0 aromatic rings. The minimum Gasteiger partial charge on any atom is -0.444 e. The lowest BCUT2D eigenvalue weighted by Gasteiger charge is -2.26. The molecule has 0 aliphatic heterocycles. The Balaban J connectivity index is 4.36. The number of rotatable bonds is 5. The molecule has 0 bridgehead atoms. The summed E-state index contributed by atoms with van der Waals surface area (Å²) in [6.07, 6.45) is 3.20. The highest BCUT2D eigenvalue weighted by Crippen LogP contribution is 2.09. The molecule has 0 saturated carbocycles. The summed E-state index contributed by atoms with van der Waals surface area (Å²) >= 11 is 0. The largest absolute Gasteiger partial charge is 0.444 e. The Kier molecular flexibility index (Phi) is 6.22. The smallest absolute Gasteiger partial charge is 0.410 e. The minimum absolute atomic E-state index is 0.221. The van der Waals surface area contributed by atoms with Gasteiger partial charge in [-0.15, -0.1) is 11.7 Å². The van der Waals surface area contributed by atoms with E-state index < -0.39 is 11.7 Å². The summed E-state index contributed by atoms with van der Waals surface area (Å²) in [5, 5.41) is 11.2. The van der Waals surface area contributed by atoms with E-state index >= 15 is 0 Å². The Morgan fingerprint density at radius 1 is 1.56 bits per heavy atom. The van der Waals surface area contributed by atoms with Crippen molar-refractivity contribution in [1.82, 2.24) is 4.90 Å². The van der Waals surface area contributed by atoms with Crippen molar-refractivity contribution in [3.8, 4) is 0 Å². The monoisotopic (exact) mass is 228 g/mol. The second-order valence-corrected chi connectivity index (χ2v) is 4.30. The van der Waals surface area contributed by atoms with Crippen molar-refractivity contribution in [3.63, 3.8) is 0 Å². The van der Waals surface area contributed by atoms with Crippen LogP contribution in [0.3, 0.4) is 0 Å². The summed E-state index contributed by atoms with van der Waals surface area (Å²) < 4.78 is 5.20. The summed E-state index contributed by atoms with van der Waals surface area (Å²) in [6, 6.07) is 0. The molecule has 0 aliphatic rings. The average Bonchev–Trinajstić information content (AvgIpc) is 2.15. The third kappa shape index (κ3) is 6.86. The third-order valence-corrected chi connectivity index (χ3v) is 1.64. The maximum atomic E-state index is 11.7. The van der Waals surface area contributed by atoms with Crippen LogP contribution in [0.5, 0.6) is 0 Å². The van der Waals surface area contributed by atoms with Crippen molar-refractivity contribution >= 4 is 12.3 Å². The summed E-state index contributed by atoms with van der Waals surface area (Å²) in [7, 11) is 0. The average molecular weight is 228 g/mol. The molecule has 0 rings (SSSR count). The van der Waals surface area contributed by atoms with Gasteiger partial charge in [0.2, 0.25) is 0 Å². The lowest BCUT2D eigenvalue weighted by molar-refractivity contribution is 0.0283. The fraction of sp³-hybridized carbons (Fsp3) is 0.636. The van der Waals surface area contributed by atoms with E-state index in [9.17, 15) is 4.79 Å². The van der Waals surface area contributed by atoms with Crippen molar-refractivity contribution in [1.29, 1.82) is 0 Å². The molecule has 16 heavy (non-hydrogen) atoms. The molecule has 5 heteroatoms. The Hall–Kier alpha value is -1.52. The molecular weight excluding hydrogens is 208 g/mol. The fourth-order valence-electron chi connectivity index (χ4n) is 0.966.